The van der Waals surface area contributed by atoms with Gasteiger partial charge in [0.05, 0.1) is 20.3 Å². The Balaban J connectivity index is 2.07. The van der Waals surface area contributed by atoms with E-state index in [1.165, 1.54) is 0 Å². The molecule has 0 amide bonds. The zero-order chi connectivity index (χ0) is 16.7. The van der Waals surface area contributed by atoms with Crippen molar-refractivity contribution in [1.82, 2.24) is 10.2 Å². The number of nitrogens with zero attached hydrogens (tertiary/aromatic N) is 2. The van der Waals surface area contributed by atoms with Crippen LogP contribution >= 0.6 is 0 Å². The number of hydrogen-bond acceptors (Lipinski definition) is 4. The summed E-state index contributed by atoms with van der Waals surface area (Å²) in [6.45, 7) is 5.99. The second kappa shape index (κ2) is 8.62. The van der Waals surface area contributed by atoms with Gasteiger partial charge in [0, 0.05) is 38.2 Å². The fourth-order valence-corrected chi connectivity index (χ4v) is 2.80. The number of aliphatic imine (C=N–C) groups is 1. The van der Waals surface area contributed by atoms with Gasteiger partial charge in [0.1, 0.15) is 11.5 Å². The van der Waals surface area contributed by atoms with Crippen LogP contribution in [-0.2, 0) is 11.3 Å². The standard InChI is InChI=1S/C17H27N3O3/c1-4-18-17(20-8-7-13(11-20)12-22-2)19-10-14-9-15(23-3)5-6-16(14)21/h5-6,9,13,21H,4,7-8,10-12H2,1-3H3,(H,18,19). The maximum atomic E-state index is 9.98. The number of methoxy groups -OCH3 is 2. The SMILES string of the molecule is CCNC(=NCc1cc(OC)ccc1O)N1CCC(COC)C1. The lowest BCUT2D eigenvalue weighted by Gasteiger charge is -2.21. The number of rotatable bonds is 6. The predicted molar refractivity (Wildman–Crippen MR) is 91.0 cm³/mol. The molecule has 1 atom stereocenters. The van der Waals surface area contributed by atoms with Crippen molar-refractivity contribution in [1.29, 1.82) is 0 Å². The van der Waals surface area contributed by atoms with Crippen LogP contribution in [0.15, 0.2) is 23.2 Å². The first kappa shape index (κ1) is 17.4. The Hall–Kier alpha value is -1.95. The van der Waals surface area contributed by atoms with E-state index < -0.39 is 0 Å². The van der Waals surface area contributed by atoms with Gasteiger partial charge < -0.3 is 24.8 Å². The highest BCUT2D eigenvalue weighted by atomic mass is 16.5. The van der Waals surface area contributed by atoms with E-state index in [1.807, 2.05) is 6.07 Å². The largest absolute Gasteiger partial charge is 0.508 e. The molecule has 1 unspecified atom stereocenters. The summed E-state index contributed by atoms with van der Waals surface area (Å²) in [5.74, 6) is 2.39. The first-order chi connectivity index (χ1) is 11.2. The Kier molecular flexibility index (Phi) is 6.52. The van der Waals surface area contributed by atoms with Crippen LogP contribution in [0.1, 0.15) is 18.9 Å². The number of likely N-dealkylation sites (tertiary alicyclic amines) is 1. The molecule has 1 aliphatic heterocycles. The Morgan fingerprint density at radius 2 is 2.26 bits per heavy atom. The van der Waals surface area contributed by atoms with Gasteiger partial charge in [-0.05, 0) is 31.5 Å². The minimum atomic E-state index is 0.240. The van der Waals surface area contributed by atoms with Gasteiger partial charge in [-0.15, -0.1) is 0 Å². The highest BCUT2D eigenvalue weighted by molar-refractivity contribution is 5.80. The van der Waals surface area contributed by atoms with E-state index >= 15 is 0 Å². The molecule has 0 spiro atoms. The van der Waals surface area contributed by atoms with Gasteiger partial charge in [-0.3, -0.25) is 0 Å². The molecule has 0 aromatic heterocycles. The maximum absolute atomic E-state index is 9.98. The zero-order valence-electron chi connectivity index (χ0n) is 14.2. The Morgan fingerprint density at radius 1 is 1.43 bits per heavy atom. The van der Waals surface area contributed by atoms with Crippen molar-refractivity contribution in [3.05, 3.63) is 23.8 Å². The monoisotopic (exact) mass is 321 g/mol. The smallest absolute Gasteiger partial charge is 0.194 e. The number of phenolic OH excluding ortho intramolecular Hbond substituents is 1. The van der Waals surface area contributed by atoms with Crippen LogP contribution in [0.4, 0.5) is 0 Å². The van der Waals surface area contributed by atoms with Crippen LogP contribution in [0.2, 0.25) is 0 Å². The molecule has 1 heterocycles. The van der Waals surface area contributed by atoms with Crippen molar-refractivity contribution >= 4 is 5.96 Å². The Bertz CT molecular complexity index is 534. The molecule has 2 N–H and O–H groups in total. The molecule has 1 saturated heterocycles. The predicted octanol–water partition coefficient (Wildman–Crippen LogP) is 1.83. The van der Waals surface area contributed by atoms with Gasteiger partial charge in [-0.1, -0.05) is 0 Å². The summed E-state index contributed by atoms with van der Waals surface area (Å²) in [5.41, 5.74) is 0.757. The van der Waals surface area contributed by atoms with E-state index in [0.29, 0.717) is 12.5 Å². The Morgan fingerprint density at radius 3 is 2.96 bits per heavy atom. The molecule has 1 fully saturated rings. The van der Waals surface area contributed by atoms with Gasteiger partial charge >= 0.3 is 0 Å². The van der Waals surface area contributed by atoms with Gasteiger partial charge in [-0.2, -0.15) is 0 Å². The van der Waals surface area contributed by atoms with Crippen LogP contribution in [0.3, 0.4) is 0 Å². The minimum Gasteiger partial charge on any atom is -0.508 e. The van der Waals surface area contributed by atoms with E-state index in [0.717, 1.165) is 49.9 Å². The first-order valence-corrected chi connectivity index (χ1v) is 8.06. The molecule has 1 aliphatic rings. The van der Waals surface area contributed by atoms with Gasteiger partial charge in [0.15, 0.2) is 5.96 Å². The van der Waals surface area contributed by atoms with Crippen LogP contribution in [0, 0.1) is 5.92 Å². The summed E-state index contributed by atoms with van der Waals surface area (Å²) in [6.07, 6.45) is 1.11. The second-order valence-electron chi connectivity index (χ2n) is 5.72. The van der Waals surface area contributed by atoms with E-state index in [-0.39, 0.29) is 5.75 Å². The average Bonchev–Trinajstić information content (AvgIpc) is 3.01. The molecular formula is C17H27N3O3. The fraction of sp³-hybridized carbons (Fsp3) is 0.588. The van der Waals surface area contributed by atoms with Crippen LogP contribution in [0.5, 0.6) is 11.5 Å². The maximum Gasteiger partial charge on any atom is 0.194 e. The lowest BCUT2D eigenvalue weighted by molar-refractivity contribution is 0.157. The third-order valence-electron chi connectivity index (χ3n) is 4.01. The minimum absolute atomic E-state index is 0.240. The van der Waals surface area contributed by atoms with Gasteiger partial charge in [0.25, 0.3) is 0 Å². The average molecular weight is 321 g/mol. The molecule has 2 rings (SSSR count). The first-order valence-electron chi connectivity index (χ1n) is 8.06. The lowest BCUT2D eigenvalue weighted by atomic mass is 10.1. The lowest BCUT2D eigenvalue weighted by Crippen LogP contribution is -2.40. The summed E-state index contributed by atoms with van der Waals surface area (Å²) in [7, 11) is 3.36. The van der Waals surface area contributed by atoms with Crippen molar-refractivity contribution in [3.8, 4) is 11.5 Å². The third-order valence-corrected chi connectivity index (χ3v) is 4.01. The number of guanidine groups is 1. The molecule has 0 aliphatic carbocycles. The normalized spacial score (nSPS) is 18.3. The van der Waals surface area contributed by atoms with Gasteiger partial charge in [0.2, 0.25) is 0 Å². The van der Waals surface area contributed by atoms with E-state index in [4.69, 9.17) is 9.47 Å². The summed E-state index contributed by atoms with van der Waals surface area (Å²) in [5, 5.41) is 13.3. The van der Waals surface area contributed by atoms with Crippen LogP contribution in [0.25, 0.3) is 0 Å². The quantitative estimate of drug-likeness (QED) is 0.618. The molecule has 0 saturated carbocycles. The number of hydrogen-bond donors (Lipinski definition) is 2. The van der Waals surface area contributed by atoms with Crippen molar-refractivity contribution in [2.24, 2.45) is 10.9 Å². The van der Waals surface area contributed by atoms with Crippen molar-refractivity contribution in [2.45, 2.75) is 19.9 Å². The Labute approximate surface area is 138 Å². The van der Waals surface area contributed by atoms with Crippen molar-refractivity contribution in [3.63, 3.8) is 0 Å². The van der Waals surface area contributed by atoms with E-state index in [9.17, 15) is 5.11 Å². The van der Waals surface area contributed by atoms with Crippen molar-refractivity contribution in [2.75, 3.05) is 40.5 Å². The number of benzene rings is 1. The second-order valence-corrected chi connectivity index (χ2v) is 5.72. The summed E-state index contributed by atoms with van der Waals surface area (Å²) in [4.78, 5) is 6.93. The number of phenols is 1. The summed E-state index contributed by atoms with van der Waals surface area (Å²) < 4.78 is 10.5. The molecule has 0 bridgehead atoms. The van der Waals surface area contributed by atoms with Crippen LogP contribution in [-0.4, -0.2) is 56.4 Å². The van der Waals surface area contributed by atoms with Crippen molar-refractivity contribution < 1.29 is 14.6 Å². The number of ether oxygens (including phenoxy) is 2. The highest BCUT2D eigenvalue weighted by Gasteiger charge is 2.24. The topological polar surface area (TPSA) is 66.3 Å². The molecule has 1 aromatic carbocycles. The molecular weight excluding hydrogens is 294 g/mol. The summed E-state index contributed by atoms with van der Waals surface area (Å²) >= 11 is 0. The number of nitrogens with one attached hydrogen (secondary N) is 1. The number of aromatic hydroxyl groups is 1. The van der Waals surface area contributed by atoms with Gasteiger partial charge in [-0.25, -0.2) is 4.99 Å². The van der Waals surface area contributed by atoms with E-state index in [2.05, 4.69) is 22.1 Å². The molecule has 1 aromatic rings. The molecule has 128 valence electrons. The zero-order valence-corrected chi connectivity index (χ0v) is 14.2. The van der Waals surface area contributed by atoms with Crippen LogP contribution < -0.4 is 10.1 Å². The third kappa shape index (κ3) is 4.76. The molecule has 6 nitrogen and oxygen atoms in total. The fourth-order valence-electron chi connectivity index (χ4n) is 2.80. The molecule has 0 radical (unpaired) electrons. The molecule has 6 heteroatoms. The van der Waals surface area contributed by atoms with E-state index in [1.54, 1.807) is 26.4 Å². The summed E-state index contributed by atoms with van der Waals surface area (Å²) in [6, 6.07) is 5.20. The highest BCUT2D eigenvalue weighted by Crippen LogP contribution is 2.24. The molecule has 23 heavy (non-hydrogen) atoms.